The molecule has 2 fully saturated rings. The van der Waals surface area contributed by atoms with Gasteiger partial charge in [-0.2, -0.15) is 4.98 Å². The number of halogens is 1. The lowest BCUT2D eigenvalue weighted by atomic mass is 9.77. The number of aliphatic hydroxyl groups excluding tert-OH is 1. The van der Waals surface area contributed by atoms with Gasteiger partial charge in [0, 0.05) is 12.1 Å². The molecule has 0 saturated heterocycles. The fraction of sp³-hybridized carbons (Fsp3) is 0.577. The molecule has 0 aliphatic heterocycles. The Morgan fingerprint density at radius 3 is 2.40 bits per heavy atom. The van der Waals surface area contributed by atoms with Gasteiger partial charge in [0.15, 0.2) is 5.65 Å². The van der Waals surface area contributed by atoms with Crippen LogP contribution in [0.3, 0.4) is 0 Å². The SMILES string of the molecule is CC(C)(O)C1CCC(n2c(Nc3ccccc3F)nc3cnc(N[C@H]4CC[C@H](O)CC4)nc32)CC1. The van der Waals surface area contributed by atoms with E-state index in [2.05, 4.69) is 20.2 Å². The Morgan fingerprint density at radius 1 is 1.00 bits per heavy atom. The molecule has 9 heteroatoms. The fourth-order valence-corrected chi connectivity index (χ4v) is 5.52. The van der Waals surface area contributed by atoms with Crippen molar-refractivity contribution in [2.45, 2.75) is 89.0 Å². The second kappa shape index (κ2) is 9.70. The van der Waals surface area contributed by atoms with Crippen LogP contribution in [0.1, 0.15) is 71.3 Å². The molecule has 35 heavy (non-hydrogen) atoms. The molecule has 188 valence electrons. The molecule has 1 aromatic carbocycles. The number of hydrogen-bond donors (Lipinski definition) is 4. The third kappa shape index (κ3) is 5.26. The minimum absolute atomic E-state index is 0.125. The number of nitrogens with zero attached hydrogens (tertiary/aromatic N) is 4. The van der Waals surface area contributed by atoms with Crippen LogP contribution in [0.2, 0.25) is 0 Å². The van der Waals surface area contributed by atoms with E-state index in [4.69, 9.17) is 9.97 Å². The fourth-order valence-electron chi connectivity index (χ4n) is 5.52. The summed E-state index contributed by atoms with van der Waals surface area (Å²) in [5.41, 5.74) is 1.02. The predicted octanol–water partition coefficient (Wildman–Crippen LogP) is 4.93. The van der Waals surface area contributed by atoms with Gasteiger partial charge in [0.1, 0.15) is 11.3 Å². The third-order valence-electron chi connectivity index (χ3n) is 7.64. The average molecular weight is 483 g/mol. The van der Waals surface area contributed by atoms with Gasteiger partial charge in [-0.15, -0.1) is 0 Å². The number of anilines is 3. The Kier molecular flexibility index (Phi) is 6.63. The van der Waals surface area contributed by atoms with Crippen LogP contribution >= 0.6 is 0 Å². The molecular weight excluding hydrogens is 447 g/mol. The Labute approximate surface area is 205 Å². The van der Waals surface area contributed by atoms with Crippen molar-refractivity contribution >= 4 is 28.7 Å². The van der Waals surface area contributed by atoms with Gasteiger partial charge in [0.25, 0.3) is 0 Å². The van der Waals surface area contributed by atoms with Gasteiger partial charge in [0.05, 0.1) is 23.6 Å². The zero-order chi connectivity index (χ0) is 24.6. The maximum absolute atomic E-state index is 14.5. The van der Waals surface area contributed by atoms with Crippen molar-refractivity contribution in [3.63, 3.8) is 0 Å². The topological polar surface area (TPSA) is 108 Å². The molecule has 0 bridgehead atoms. The lowest BCUT2D eigenvalue weighted by Crippen LogP contribution is -2.34. The average Bonchev–Trinajstić information content (AvgIpc) is 3.19. The van der Waals surface area contributed by atoms with Crippen LogP contribution in [0.25, 0.3) is 11.2 Å². The summed E-state index contributed by atoms with van der Waals surface area (Å²) in [6.07, 6.45) is 8.35. The molecule has 0 spiro atoms. The normalized spacial score (nSPS) is 25.5. The quantitative estimate of drug-likeness (QED) is 0.395. The van der Waals surface area contributed by atoms with Crippen LogP contribution in [0.5, 0.6) is 0 Å². The van der Waals surface area contributed by atoms with Gasteiger partial charge in [0.2, 0.25) is 11.9 Å². The number of nitrogens with one attached hydrogen (secondary N) is 2. The van der Waals surface area contributed by atoms with Gasteiger partial charge in [-0.1, -0.05) is 12.1 Å². The summed E-state index contributed by atoms with van der Waals surface area (Å²) >= 11 is 0. The number of aliphatic hydroxyl groups is 2. The van der Waals surface area contributed by atoms with Crippen LogP contribution in [0, 0.1) is 11.7 Å². The molecule has 2 aliphatic carbocycles. The van der Waals surface area contributed by atoms with Crippen molar-refractivity contribution in [3.05, 3.63) is 36.3 Å². The lowest BCUT2D eigenvalue weighted by molar-refractivity contribution is -0.00457. The molecule has 0 amide bonds. The van der Waals surface area contributed by atoms with Crippen LogP contribution in [-0.4, -0.2) is 47.5 Å². The Bertz CT molecular complexity index is 1160. The first-order valence-corrected chi connectivity index (χ1v) is 12.7. The minimum Gasteiger partial charge on any atom is -0.393 e. The summed E-state index contributed by atoms with van der Waals surface area (Å²) in [5.74, 6) is 0.987. The molecule has 8 nitrogen and oxygen atoms in total. The molecule has 3 aromatic rings. The molecule has 2 aliphatic rings. The summed E-state index contributed by atoms with van der Waals surface area (Å²) in [6.45, 7) is 3.76. The zero-order valence-electron chi connectivity index (χ0n) is 20.4. The maximum atomic E-state index is 14.5. The van der Waals surface area contributed by atoms with Crippen molar-refractivity contribution in [3.8, 4) is 0 Å². The Hall–Kier alpha value is -2.78. The molecule has 5 rings (SSSR count). The molecule has 0 atom stereocenters. The Morgan fingerprint density at radius 2 is 1.71 bits per heavy atom. The van der Waals surface area contributed by atoms with Crippen molar-refractivity contribution in [1.82, 2.24) is 19.5 Å². The van der Waals surface area contributed by atoms with Gasteiger partial charge in [-0.25, -0.2) is 14.4 Å². The van der Waals surface area contributed by atoms with Crippen LogP contribution in [0.15, 0.2) is 30.5 Å². The molecule has 2 heterocycles. The van der Waals surface area contributed by atoms with Gasteiger partial charge >= 0.3 is 0 Å². The van der Waals surface area contributed by atoms with E-state index in [1.165, 1.54) is 6.07 Å². The Balaban J connectivity index is 1.47. The predicted molar refractivity (Wildman–Crippen MR) is 134 cm³/mol. The highest BCUT2D eigenvalue weighted by molar-refractivity contribution is 5.76. The van der Waals surface area contributed by atoms with Gasteiger partial charge in [-0.05, 0) is 83.3 Å². The minimum atomic E-state index is -0.705. The van der Waals surface area contributed by atoms with Crippen molar-refractivity contribution in [1.29, 1.82) is 0 Å². The van der Waals surface area contributed by atoms with Crippen molar-refractivity contribution in [2.75, 3.05) is 10.6 Å². The summed E-state index contributed by atoms with van der Waals surface area (Å²) in [6, 6.07) is 6.92. The van der Waals surface area contributed by atoms with E-state index in [1.54, 1.807) is 24.4 Å². The number of para-hydroxylation sites is 1. The number of rotatable bonds is 6. The summed E-state index contributed by atoms with van der Waals surface area (Å²) in [4.78, 5) is 14.1. The van der Waals surface area contributed by atoms with Crippen LogP contribution < -0.4 is 10.6 Å². The van der Waals surface area contributed by atoms with E-state index >= 15 is 0 Å². The highest BCUT2D eigenvalue weighted by atomic mass is 19.1. The monoisotopic (exact) mass is 482 g/mol. The first-order valence-electron chi connectivity index (χ1n) is 12.7. The van der Waals surface area contributed by atoms with E-state index in [9.17, 15) is 14.6 Å². The van der Waals surface area contributed by atoms with E-state index in [0.29, 0.717) is 28.7 Å². The molecule has 0 unspecified atom stereocenters. The number of fused-ring (bicyclic) bond motifs is 1. The molecule has 2 saturated carbocycles. The second-order valence-electron chi connectivity index (χ2n) is 10.6. The van der Waals surface area contributed by atoms with E-state index in [-0.39, 0.29) is 29.9 Å². The largest absolute Gasteiger partial charge is 0.393 e. The number of imidazole rings is 1. The van der Waals surface area contributed by atoms with Crippen LogP contribution in [-0.2, 0) is 0 Å². The first-order chi connectivity index (χ1) is 16.8. The molecule has 0 radical (unpaired) electrons. The van der Waals surface area contributed by atoms with Crippen LogP contribution in [0.4, 0.5) is 22.0 Å². The van der Waals surface area contributed by atoms with Gasteiger partial charge < -0.3 is 20.8 Å². The van der Waals surface area contributed by atoms with Crippen molar-refractivity contribution in [2.24, 2.45) is 5.92 Å². The summed E-state index contributed by atoms with van der Waals surface area (Å²) < 4.78 is 16.5. The zero-order valence-corrected chi connectivity index (χ0v) is 20.4. The standard InChI is InChI=1S/C26H35FN6O2/c1-26(2,35)16-7-11-18(12-8-16)33-23-22(31-25(33)30-21-6-4-3-5-20(21)27)15-28-24(32-23)29-17-9-13-19(34)14-10-17/h3-6,15-19,34-35H,7-14H2,1-2H3,(H,30,31)(H,28,29,32)/t16?,17-,18?,19-. The maximum Gasteiger partial charge on any atom is 0.224 e. The highest BCUT2D eigenvalue weighted by Crippen LogP contribution is 2.40. The number of aromatic nitrogens is 4. The number of benzene rings is 1. The second-order valence-corrected chi connectivity index (χ2v) is 10.6. The molecular formula is C26H35FN6O2. The molecule has 4 N–H and O–H groups in total. The molecule has 2 aromatic heterocycles. The first kappa shape index (κ1) is 23.9. The summed E-state index contributed by atoms with van der Waals surface area (Å²) in [7, 11) is 0. The van der Waals surface area contributed by atoms with Gasteiger partial charge in [-0.3, -0.25) is 4.57 Å². The smallest absolute Gasteiger partial charge is 0.224 e. The highest BCUT2D eigenvalue weighted by Gasteiger charge is 2.33. The lowest BCUT2D eigenvalue weighted by Gasteiger charge is -2.36. The van der Waals surface area contributed by atoms with E-state index in [1.807, 2.05) is 13.8 Å². The van der Waals surface area contributed by atoms with Crippen molar-refractivity contribution < 1.29 is 14.6 Å². The van der Waals surface area contributed by atoms with E-state index < -0.39 is 5.60 Å². The number of hydrogen-bond acceptors (Lipinski definition) is 7. The third-order valence-corrected chi connectivity index (χ3v) is 7.64. The van der Waals surface area contributed by atoms with E-state index in [0.717, 1.165) is 51.4 Å². The summed E-state index contributed by atoms with van der Waals surface area (Å²) in [5, 5.41) is 26.9.